The number of hydrogen-bond donors (Lipinski definition) is 2. The largest absolute Gasteiger partial charge is 0.385 e. The van der Waals surface area contributed by atoms with E-state index in [4.69, 9.17) is 9.47 Å². The van der Waals surface area contributed by atoms with E-state index in [1.807, 2.05) is 0 Å². The van der Waals surface area contributed by atoms with Crippen LogP contribution >= 0.6 is 0 Å². The van der Waals surface area contributed by atoms with E-state index in [0.29, 0.717) is 12.5 Å². The highest BCUT2D eigenvalue weighted by Crippen LogP contribution is 1.90. The number of guanidine groups is 1. The summed E-state index contributed by atoms with van der Waals surface area (Å²) < 4.78 is 10.4. The standard InChI is InChI=1S/C12H27N3O2/c1-11(2)10-17-9-7-15-12(13-3)14-6-5-8-16-4/h11H,5-10H2,1-4H3,(H2,13,14,15). The Bertz CT molecular complexity index is 196. The van der Waals surface area contributed by atoms with Crippen molar-refractivity contribution >= 4 is 5.96 Å². The van der Waals surface area contributed by atoms with Gasteiger partial charge in [0.05, 0.1) is 6.61 Å². The van der Waals surface area contributed by atoms with E-state index in [9.17, 15) is 0 Å². The molecular formula is C12H27N3O2. The molecule has 0 fully saturated rings. The maximum Gasteiger partial charge on any atom is 0.191 e. The highest BCUT2D eigenvalue weighted by molar-refractivity contribution is 5.79. The Morgan fingerprint density at radius 3 is 2.47 bits per heavy atom. The second-order valence-electron chi connectivity index (χ2n) is 4.24. The van der Waals surface area contributed by atoms with Crippen LogP contribution in [-0.2, 0) is 9.47 Å². The van der Waals surface area contributed by atoms with Gasteiger partial charge in [-0.05, 0) is 12.3 Å². The summed E-state index contributed by atoms with van der Waals surface area (Å²) in [5.74, 6) is 1.40. The lowest BCUT2D eigenvalue weighted by molar-refractivity contribution is 0.114. The van der Waals surface area contributed by atoms with Gasteiger partial charge in [-0.3, -0.25) is 4.99 Å². The van der Waals surface area contributed by atoms with Crippen molar-refractivity contribution in [3.63, 3.8) is 0 Å². The first kappa shape index (κ1) is 16.2. The minimum Gasteiger partial charge on any atom is -0.385 e. The van der Waals surface area contributed by atoms with E-state index in [-0.39, 0.29) is 0 Å². The van der Waals surface area contributed by atoms with Gasteiger partial charge in [0.2, 0.25) is 0 Å². The van der Waals surface area contributed by atoms with Gasteiger partial charge < -0.3 is 20.1 Å². The predicted octanol–water partition coefficient (Wildman–Crippen LogP) is 0.860. The molecule has 0 unspecified atom stereocenters. The summed E-state index contributed by atoms with van der Waals surface area (Å²) in [5.41, 5.74) is 0. The lowest BCUT2D eigenvalue weighted by Crippen LogP contribution is -2.39. The highest BCUT2D eigenvalue weighted by Gasteiger charge is 1.97. The molecule has 0 heterocycles. The van der Waals surface area contributed by atoms with Crippen LogP contribution < -0.4 is 10.6 Å². The Labute approximate surface area is 105 Å². The Hall–Kier alpha value is -0.810. The molecule has 0 rings (SSSR count). The van der Waals surface area contributed by atoms with Gasteiger partial charge in [-0.25, -0.2) is 0 Å². The van der Waals surface area contributed by atoms with Gasteiger partial charge in [0.25, 0.3) is 0 Å². The van der Waals surface area contributed by atoms with Crippen molar-refractivity contribution in [1.29, 1.82) is 0 Å². The van der Waals surface area contributed by atoms with Crippen LogP contribution in [0.4, 0.5) is 0 Å². The van der Waals surface area contributed by atoms with Gasteiger partial charge in [-0.1, -0.05) is 13.8 Å². The summed E-state index contributed by atoms with van der Waals surface area (Å²) >= 11 is 0. The van der Waals surface area contributed by atoms with Crippen LogP contribution in [0.3, 0.4) is 0 Å². The molecule has 0 atom stereocenters. The number of aliphatic imine (C=N–C) groups is 1. The lowest BCUT2D eigenvalue weighted by Gasteiger charge is -2.12. The fourth-order valence-corrected chi connectivity index (χ4v) is 1.20. The number of rotatable bonds is 9. The van der Waals surface area contributed by atoms with E-state index in [1.165, 1.54) is 0 Å². The number of methoxy groups -OCH3 is 1. The van der Waals surface area contributed by atoms with E-state index in [1.54, 1.807) is 14.2 Å². The van der Waals surface area contributed by atoms with Gasteiger partial charge in [0, 0.05) is 40.5 Å². The first-order valence-corrected chi connectivity index (χ1v) is 6.22. The summed E-state index contributed by atoms with van der Waals surface area (Å²) in [6.45, 7) is 8.20. The zero-order valence-corrected chi connectivity index (χ0v) is 11.6. The van der Waals surface area contributed by atoms with Crippen LogP contribution in [0.5, 0.6) is 0 Å². The Kier molecular flexibility index (Phi) is 11.1. The van der Waals surface area contributed by atoms with Crippen LogP contribution in [0.15, 0.2) is 4.99 Å². The van der Waals surface area contributed by atoms with Gasteiger partial charge in [-0.2, -0.15) is 0 Å². The van der Waals surface area contributed by atoms with Gasteiger partial charge in [-0.15, -0.1) is 0 Å². The molecule has 17 heavy (non-hydrogen) atoms. The second kappa shape index (κ2) is 11.7. The van der Waals surface area contributed by atoms with Crippen molar-refractivity contribution < 1.29 is 9.47 Å². The quantitative estimate of drug-likeness (QED) is 0.359. The minimum absolute atomic E-state index is 0.585. The summed E-state index contributed by atoms with van der Waals surface area (Å²) in [7, 11) is 3.47. The third-order valence-corrected chi connectivity index (χ3v) is 2.03. The monoisotopic (exact) mass is 245 g/mol. The number of nitrogens with zero attached hydrogens (tertiary/aromatic N) is 1. The summed E-state index contributed by atoms with van der Waals surface area (Å²) in [6, 6.07) is 0. The van der Waals surface area contributed by atoms with E-state index in [2.05, 4.69) is 29.5 Å². The third kappa shape index (κ3) is 11.5. The first-order chi connectivity index (χ1) is 8.20. The molecule has 5 nitrogen and oxygen atoms in total. The molecule has 0 aromatic heterocycles. The van der Waals surface area contributed by atoms with Gasteiger partial charge >= 0.3 is 0 Å². The van der Waals surface area contributed by atoms with Crippen molar-refractivity contribution in [2.45, 2.75) is 20.3 Å². The topological polar surface area (TPSA) is 54.9 Å². The van der Waals surface area contributed by atoms with Crippen molar-refractivity contribution in [2.75, 3.05) is 47.1 Å². The molecule has 0 saturated carbocycles. The normalized spacial score (nSPS) is 11.9. The summed E-state index contributed by atoms with van der Waals surface area (Å²) in [4.78, 5) is 4.12. The van der Waals surface area contributed by atoms with Crippen molar-refractivity contribution in [3.8, 4) is 0 Å². The molecule has 0 saturated heterocycles. The molecule has 0 spiro atoms. The second-order valence-corrected chi connectivity index (χ2v) is 4.24. The molecule has 102 valence electrons. The fraction of sp³-hybridized carbons (Fsp3) is 0.917. The average Bonchev–Trinajstić information content (AvgIpc) is 2.31. The smallest absolute Gasteiger partial charge is 0.191 e. The van der Waals surface area contributed by atoms with Crippen LogP contribution in [0.25, 0.3) is 0 Å². The van der Waals surface area contributed by atoms with Crippen molar-refractivity contribution in [1.82, 2.24) is 10.6 Å². The minimum atomic E-state index is 0.585. The van der Waals surface area contributed by atoms with Crippen LogP contribution in [-0.4, -0.2) is 53.0 Å². The van der Waals surface area contributed by atoms with E-state index < -0.39 is 0 Å². The zero-order valence-electron chi connectivity index (χ0n) is 11.6. The molecule has 0 radical (unpaired) electrons. The lowest BCUT2D eigenvalue weighted by atomic mass is 10.2. The Balaban J connectivity index is 3.42. The summed E-state index contributed by atoms with van der Waals surface area (Å²) in [5, 5.41) is 6.40. The molecule has 5 heteroatoms. The highest BCUT2D eigenvalue weighted by atomic mass is 16.5. The molecule has 0 aliphatic heterocycles. The molecule has 0 aromatic carbocycles. The number of ether oxygens (including phenoxy) is 2. The Morgan fingerprint density at radius 1 is 1.18 bits per heavy atom. The fourth-order valence-electron chi connectivity index (χ4n) is 1.20. The van der Waals surface area contributed by atoms with Crippen molar-refractivity contribution in [2.24, 2.45) is 10.9 Å². The van der Waals surface area contributed by atoms with Crippen LogP contribution in [0.1, 0.15) is 20.3 Å². The van der Waals surface area contributed by atoms with Crippen LogP contribution in [0.2, 0.25) is 0 Å². The molecule has 0 aliphatic rings. The number of hydrogen-bond acceptors (Lipinski definition) is 3. The average molecular weight is 245 g/mol. The maximum absolute atomic E-state index is 5.47. The molecule has 0 aliphatic carbocycles. The first-order valence-electron chi connectivity index (χ1n) is 6.22. The van der Waals surface area contributed by atoms with Gasteiger partial charge in [0.1, 0.15) is 0 Å². The molecule has 0 amide bonds. The molecule has 0 bridgehead atoms. The Morgan fingerprint density at radius 2 is 1.88 bits per heavy atom. The van der Waals surface area contributed by atoms with Gasteiger partial charge in [0.15, 0.2) is 5.96 Å². The van der Waals surface area contributed by atoms with E-state index in [0.717, 1.165) is 38.7 Å². The van der Waals surface area contributed by atoms with Crippen molar-refractivity contribution in [3.05, 3.63) is 0 Å². The summed E-state index contributed by atoms with van der Waals surface area (Å²) in [6.07, 6.45) is 0.973. The third-order valence-electron chi connectivity index (χ3n) is 2.03. The maximum atomic E-state index is 5.47. The zero-order chi connectivity index (χ0) is 12.9. The number of nitrogens with one attached hydrogen (secondary N) is 2. The predicted molar refractivity (Wildman–Crippen MR) is 71.5 cm³/mol. The van der Waals surface area contributed by atoms with E-state index >= 15 is 0 Å². The molecular weight excluding hydrogens is 218 g/mol. The molecule has 0 aromatic rings. The van der Waals surface area contributed by atoms with Crippen LogP contribution in [0, 0.1) is 5.92 Å². The SMILES string of the molecule is CN=C(NCCCOC)NCCOCC(C)C. The molecule has 2 N–H and O–H groups in total.